The number of carbonyl (C=O) groups excluding carboxylic acids is 2. The van der Waals surface area contributed by atoms with E-state index in [1.807, 2.05) is 13.8 Å². The quantitative estimate of drug-likeness (QED) is 0.543. The Morgan fingerprint density at radius 1 is 1.29 bits per heavy atom. The number of Topliss-reactive ketones (excluding diaryl/α,β-unsaturated/α-hetero) is 1. The topological polar surface area (TPSA) is 46.6 Å². The molecule has 0 unspecified atom stereocenters. The number of carbonyl (C=O) groups is 2. The molecule has 4 atom stereocenters. The maximum Gasteiger partial charge on any atom is 0.302 e. The Morgan fingerprint density at radius 2 is 1.82 bits per heavy atom. The minimum atomic E-state index is -0.250. The van der Waals surface area contributed by atoms with Gasteiger partial charge in [-0.1, -0.05) is 26.0 Å². The third-order valence-electron chi connectivity index (χ3n) is 3.85. The van der Waals surface area contributed by atoms with Crippen LogP contribution in [0.2, 0.25) is 0 Å². The van der Waals surface area contributed by atoms with Gasteiger partial charge in [-0.15, -0.1) is 0 Å². The number of fused-ring (bicyclic) bond motifs is 2. The first-order valence-electron chi connectivity index (χ1n) is 6.13. The third kappa shape index (κ3) is 2.14. The van der Waals surface area contributed by atoms with E-state index in [4.69, 9.17) is 4.74 Å². The van der Waals surface area contributed by atoms with Crippen molar-refractivity contribution in [2.45, 2.75) is 32.9 Å². The summed E-state index contributed by atoms with van der Waals surface area (Å²) in [6, 6.07) is 0.360. The number of rotatable bonds is 3. The highest BCUT2D eigenvalue weighted by Gasteiger charge is 2.45. The van der Waals surface area contributed by atoms with Crippen molar-refractivity contribution in [1.29, 1.82) is 0 Å². The molecule has 0 aromatic carbocycles. The number of ether oxygens (including phenoxy) is 1. The van der Waals surface area contributed by atoms with Crippen molar-refractivity contribution in [3.05, 3.63) is 12.2 Å². The van der Waals surface area contributed by atoms with Gasteiger partial charge in [-0.3, -0.25) is 14.5 Å². The summed E-state index contributed by atoms with van der Waals surface area (Å²) in [5.41, 5.74) is 0. The van der Waals surface area contributed by atoms with Crippen LogP contribution >= 0.6 is 0 Å². The monoisotopic (exact) mass is 237 g/mol. The average molecular weight is 237 g/mol. The van der Waals surface area contributed by atoms with Crippen molar-refractivity contribution in [1.82, 2.24) is 4.90 Å². The lowest BCUT2D eigenvalue weighted by atomic mass is 9.83. The molecule has 0 aromatic heterocycles. The molecule has 0 amide bonds. The Hall–Kier alpha value is -1.16. The predicted molar refractivity (Wildman–Crippen MR) is 63.4 cm³/mol. The highest BCUT2D eigenvalue weighted by molar-refractivity contribution is 5.86. The number of ketones is 1. The van der Waals surface area contributed by atoms with Crippen LogP contribution in [0.3, 0.4) is 0 Å². The molecule has 0 radical (unpaired) electrons. The molecule has 0 aliphatic carbocycles. The normalized spacial score (nSPS) is 36.3. The second-order valence-electron chi connectivity index (χ2n) is 4.92. The van der Waals surface area contributed by atoms with Crippen molar-refractivity contribution < 1.29 is 14.3 Å². The van der Waals surface area contributed by atoms with Gasteiger partial charge in [0, 0.05) is 37.4 Å². The molecule has 94 valence electrons. The standard InChI is InChI=1S/C13H19NO3/c1-8-11-4-5-12(9(2)13(8)16)14(11)6-7-17-10(3)15/h4-5,8-9,11-12H,6-7H2,1-3H3/t8-,9-,11-,12+/m1/s1. The predicted octanol–water partition coefficient (Wildman–Crippen LogP) is 1.01. The lowest BCUT2D eigenvalue weighted by Gasteiger charge is -2.41. The van der Waals surface area contributed by atoms with Gasteiger partial charge in [0.05, 0.1) is 0 Å². The van der Waals surface area contributed by atoms with Gasteiger partial charge in [0.1, 0.15) is 12.4 Å². The van der Waals surface area contributed by atoms with E-state index < -0.39 is 0 Å². The van der Waals surface area contributed by atoms with Crippen LogP contribution in [0.25, 0.3) is 0 Å². The van der Waals surface area contributed by atoms with Gasteiger partial charge >= 0.3 is 5.97 Å². The Bertz CT molecular complexity index is 342. The molecule has 1 saturated heterocycles. The van der Waals surface area contributed by atoms with Gasteiger partial charge in [-0.25, -0.2) is 0 Å². The van der Waals surface area contributed by atoms with E-state index in [0.29, 0.717) is 18.9 Å². The molecule has 2 aliphatic rings. The van der Waals surface area contributed by atoms with Gasteiger partial charge in [0.25, 0.3) is 0 Å². The molecule has 4 heteroatoms. The summed E-state index contributed by atoms with van der Waals surface area (Å²) in [5.74, 6) is 0.169. The third-order valence-corrected chi connectivity index (χ3v) is 3.85. The number of hydrogen-bond donors (Lipinski definition) is 0. The van der Waals surface area contributed by atoms with Gasteiger partial charge < -0.3 is 4.74 Å². The molecule has 2 aliphatic heterocycles. The van der Waals surface area contributed by atoms with Gasteiger partial charge in [-0.05, 0) is 0 Å². The molecule has 0 N–H and O–H groups in total. The van der Waals surface area contributed by atoms with Crippen molar-refractivity contribution in [2.75, 3.05) is 13.2 Å². The number of esters is 1. The summed E-state index contributed by atoms with van der Waals surface area (Å²) in [4.78, 5) is 25.0. The first-order valence-corrected chi connectivity index (χ1v) is 6.13. The van der Waals surface area contributed by atoms with E-state index in [2.05, 4.69) is 17.1 Å². The first kappa shape index (κ1) is 12.3. The van der Waals surface area contributed by atoms with Crippen LogP contribution in [0.1, 0.15) is 20.8 Å². The molecule has 1 fully saturated rings. The molecule has 0 spiro atoms. The van der Waals surface area contributed by atoms with Crippen LogP contribution in [0.15, 0.2) is 12.2 Å². The SMILES string of the molecule is CC(=O)OCCN1[C@@H]2C=C[C@H]1[C@@H](C)C(=O)[C@@H]2C. The maximum absolute atomic E-state index is 12.0. The molecule has 0 aromatic rings. The summed E-state index contributed by atoms with van der Waals surface area (Å²) in [5, 5.41) is 0. The molecular weight excluding hydrogens is 218 g/mol. The van der Waals surface area contributed by atoms with Crippen molar-refractivity contribution in [3.8, 4) is 0 Å². The number of nitrogens with zero attached hydrogens (tertiary/aromatic N) is 1. The molecular formula is C13H19NO3. The fourth-order valence-corrected chi connectivity index (χ4v) is 2.90. The van der Waals surface area contributed by atoms with Crippen LogP contribution in [0.5, 0.6) is 0 Å². The number of hydrogen-bond acceptors (Lipinski definition) is 4. The summed E-state index contributed by atoms with van der Waals surface area (Å²) in [6.45, 7) is 6.47. The molecule has 2 rings (SSSR count). The van der Waals surface area contributed by atoms with Crippen LogP contribution in [0, 0.1) is 11.8 Å². The number of piperidine rings is 1. The molecule has 0 saturated carbocycles. The molecule has 2 heterocycles. The smallest absolute Gasteiger partial charge is 0.302 e. The lowest BCUT2D eigenvalue weighted by molar-refractivity contribution is -0.143. The van der Waals surface area contributed by atoms with Crippen LogP contribution in [0.4, 0.5) is 0 Å². The molecule has 17 heavy (non-hydrogen) atoms. The van der Waals surface area contributed by atoms with E-state index >= 15 is 0 Å². The van der Waals surface area contributed by atoms with Crippen LogP contribution in [-0.4, -0.2) is 41.9 Å². The largest absolute Gasteiger partial charge is 0.465 e. The van der Waals surface area contributed by atoms with Crippen molar-refractivity contribution in [2.24, 2.45) is 11.8 Å². The second kappa shape index (κ2) is 4.61. The fourth-order valence-electron chi connectivity index (χ4n) is 2.90. The van der Waals surface area contributed by atoms with E-state index in [9.17, 15) is 9.59 Å². The molecule has 2 bridgehead atoms. The van der Waals surface area contributed by atoms with E-state index in [0.717, 1.165) is 0 Å². The minimum Gasteiger partial charge on any atom is -0.465 e. The van der Waals surface area contributed by atoms with Gasteiger partial charge in [0.2, 0.25) is 0 Å². The summed E-state index contributed by atoms with van der Waals surface area (Å²) < 4.78 is 4.97. The van der Waals surface area contributed by atoms with Crippen LogP contribution < -0.4 is 0 Å². The van der Waals surface area contributed by atoms with Crippen LogP contribution in [-0.2, 0) is 14.3 Å². The van der Waals surface area contributed by atoms with Crippen molar-refractivity contribution in [3.63, 3.8) is 0 Å². The lowest BCUT2D eigenvalue weighted by Crippen LogP contribution is -2.54. The Kier molecular flexibility index (Phi) is 3.33. The van der Waals surface area contributed by atoms with E-state index in [1.54, 1.807) is 0 Å². The zero-order chi connectivity index (χ0) is 12.6. The second-order valence-corrected chi connectivity index (χ2v) is 4.92. The van der Waals surface area contributed by atoms with Gasteiger partial charge in [0.15, 0.2) is 0 Å². The highest BCUT2D eigenvalue weighted by Crippen LogP contribution is 2.35. The minimum absolute atomic E-state index is 0.0392. The zero-order valence-electron chi connectivity index (χ0n) is 10.6. The van der Waals surface area contributed by atoms with Crippen molar-refractivity contribution >= 4 is 11.8 Å². The summed E-state index contributed by atoms with van der Waals surface area (Å²) in [7, 11) is 0. The van der Waals surface area contributed by atoms with Gasteiger partial charge in [-0.2, -0.15) is 0 Å². The first-order chi connectivity index (χ1) is 8.02. The van der Waals surface area contributed by atoms with E-state index in [-0.39, 0.29) is 29.9 Å². The Balaban J connectivity index is 2.01. The highest BCUT2D eigenvalue weighted by atomic mass is 16.5. The Labute approximate surface area is 102 Å². The maximum atomic E-state index is 12.0. The molecule has 4 nitrogen and oxygen atoms in total. The zero-order valence-corrected chi connectivity index (χ0v) is 10.6. The fraction of sp³-hybridized carbons (Fsp3) is 0.692. The summed E-state index contributed by atoms with van der Waals surface area (Å²) in [6.07, 6.45) is 4.23. The van der Waals surface area contributed by atoms with E-state index in [1.165, 1.54) is 6.92 Å². The summed E-state index contributed by atoms with van der Waals surface area (Å²) >= 11 is 0. The Morgan fingerprint density at radius 3 is 2.29 bits per heavy atom. The average Bonchev–Trinajstić information content (AvgIpc) is 2.64.